The first-order chi connectivity index (χ1) is 15.8. The van der Waals surface area contributed by atoms with Gasteiger partial charge in [0.15, 0.2) is 0 Å². The number of nitrogens with one attached hydrogen (secondary N) is 1. The molecular weight excluding hydrogens is 430 g/mol. The number of alkyl halides is 2. The molecule has 1 aliphatic heterocycles. The van der Waals surface area contributed by atoms with E-state index in [1.54, 1.807) is 37.0 Å². The maximum Gasteiger partial charge on any atom is 0.295 e. The van der Waals surface area contributed by atoms with Crippen LogP contribution in [0.5, 0.6) is 5.75 Å². The van der Waals surface area contributed by atoms with Crippen molar-refractivity contribution in [3.05, 3.63) is 58.8 Å². The molecule has 0 aliphatic carbocycles. The first kappa shape index (κ1) is 23.1. The molecule has 9 heteroatoms. The lowest BCUT2D eigenvalue weighted by Gasteiger charge is -2.26. The fraction of sp³-hybridized carbons (Fsp3) is 0.417. The van der Waals surface area contributed by atoms with Gasteiger partial charge in [0.2, 0.25) is 0 Å². The summed E-state index contributed by atoms with van der Waals surface area (Å²) in [5.41, 5.74) is 7.76. The van der Waals surface area contributed by atoms with Crippen molar-refractivity contribution >= 4 is 16.8 Å². The quantitative estimate of drug-likeness (QED) is 0.504. The Bertz CT molecular complexity index is 1170. The zero-order chi connectivity index (χ0) is 23.8. The Labute approximate surface area is 190 Å². The van der Waals surface area contributed by atoms with Gasteiger partial charge in [-0.25, -0.2) is 0 Å². The third-order valence-corrected chi connectivity index (χ3v) is 6.42. The Morgan fingerprint density at radius 1 is 1.42 bits per heavy atom. The number of methoxy groups -OCH3 is 1. The summed E-state index contributed by atoms with van der Waals surface area (Å²) in [4.78, 5) is 12.5. The zero-order valence-electron chi connectivity index (χ0n) is 18.6. The van der Waals surface area contributed by atoms with Crippen molar-refractivity contribution in [3.8, 4) is 5.75 Å². The summed E-state index contributed by atoms with van der Waals surface area (Å²) in [5.74, 6) is -3.13. The van der Waals surface area contributed by atoms with Crippen LogP contribution in [0.2, 0.25) is 0 Å². The molecule has 1 amide bonds. The Hall–Kier alpha value is -3.04. The van der Waals surface area contributed by atoms with Crippen LogP contribution in [0.4, 0.5) is 8.78 Å². The largest absolute Gasteiger partial charge is 0.496 e. The number of rotatable bonds is 7. The van der Waals surface area contributed by atoms with Crippen molar-refractivity contribution in [2.45, 2.75) is 37.6 Å². The molecule has 0 spiro atoms. The lowest BCUT2D eigenvalue weighted by Crippen LogP contribution is -2.29. The summed E-state index contributed by atoms with van der Waals surface area (Å²) in [5, 5.41) is 17.6. The van der Waals surface area contributed by atoms with Gasteiger partial charge in [-0.15, -0.1) is 0 Å². The normalized spacial score (nSPS) is 17.8. The molecule has 3 aromatic rings. The Morgan fingerprint density at radius 2 is 2.21 bits per heavy atom. The van der Waals surface area contributed by atoms with Gasteiger partial charge in [0.05, 0.1) is 35.8 Å². The highest BCUT2D eigenvalue weighted by Crippen LogP contribution is 2.40. The number of aromatic nitrogens is 2. The molecule has 1 saturated heterocycles. The van der Waals surface area contributed by atoms with E-state index in [1.807, 2.05) is 0 Å². The summed E-state index contributed by atoms with van der Waals surface area (Å²) in [7, 11) is 1.58. The molecule has 4 N–H and O–H groups in total. The second-order valence-electron chi connectivity index (χ2n) is 8.47. The van der Waals surface area contributed by atoms with Gasteiger partial charge in [0.25, 0.3) is 11.8 Å². The fourth-order valence-corrected chi connectivity index (χ4v) is 4.63. The lowest BCUT2D eigenvalue weighted by molar-refractivity contribution is -0.0556. The number of ether oxygens (including phenoxy) is 1. The van der Waals surface area contributed by atoms with Crippen molar-refractivity contribution in [1.29, 1.82) is 0 Å². The van der Waals surface area contributed by atoms with Crippen LogP contribution >= 0.6 is 0 Å². The molecule has 1 aliphatic rings. The Balaban J connectivity index is 1.86. The second kappa shape index (κ2) is 9.07. The molecule has 2 aromatic carbocycles. The zero-order valence-corrected chi connectivity index (χ0v) is 18.6. The molecule has 1 fully saturated rings. The molecule has 7 nitrogen and oxygen atoms in total. The highest BCUT2D eigenvalue weighted by atomic mass is 19.3. The van der Waals surface area contributed by atoms with Crippen LogP contribution in [0.1, 0.15) is 58.8 Å². The van der Waals surface area contributed by atoms with Gasteiger partial charge in [-0.2, -0.15) is 13.9 Å². The molecule has 2 atom stereocenters. The first-order valence-corrected chi connectivity index (χ1v) is 11.0. The molecule has 2 heterocycles. The van der Waals surface area contributed by atoms with Crippen molar-refractivity contribution < 1.29 is 23.4 Å². The number of benzene rings is 2. The molecular formula is C24H28F2N4O3. The standard InChI is InChI=1S/C24H28F2N4O3/c1-14(15-5-3-7-17(9-15)24(25,26)13-31)30-21-19(23(27)32)10-18(16-6-4-8-28-11-16)22(33-2)20(21)12-29-30/h3,5,7,9-10,12,14,16,28,31H,4,6,8,11,13H2,1-2H3,(H2,27,32)/t14-,16?/m1/s1. The number of primary amides is 1. The van der Waals surface area contributed by atoms with Crippen molar-refractivity contribution in [1.82, 2.24) is 15.1 Å². The number of carbonyl (C=O) groups is 1. The smallest absolute Gasteiger partial charge is 0.295 e. The fourth-order valence-electron chi connectivity index (χ4n) is 4.63. The SMILES string of the molecule is COc1c(C2CCCNC2)cc(C(N)=O)c2c1cnn2[C@H](C)c1cccc(C(F)(F)CO)c1. The summed E-state index contributed by atoms with van der Waals surface area (Å²) in [6, 6.07) is 7.14. The predicted molar refractivity (Wildman–Crippen MR) is 121 cm³/mol. The van der Waals surface area contributed by atoms with E-state index in [4.69, 9.17) is 15.6 Å². The third-order valence-electron chi connectivity index (χ3n) is 6.42. The number of aliphatic hydroxyl groups excluding tert-OH is 1. The molecule has 0 radical (unpaired) electrons. The minimum Gasteiger partial charge on any atom is -0.496 e. The molecule has 0 bridgehead atoms. The van der Waals surface area contributed by atoms with E-state index in [-0.39, 0.29) is 11.5 Å². The summed E-state index contributed by atoms with van der Waals surface area (Å²) >= 11 is 0. The van der Waals surface area contributed by atoms with Crippen molar-refractivity contribution in [2.24, 2.45) is 5.73 Å². The van der Waals surface area contributed by atoms with Gasteiger partial charge < -0.3 is 20.9 Å². The van der Waals surface area contributed by atoms with E-state index < -0.39 is 24.5 Å². The van der Waals surface area contributed by atoms with Crippen LogP contribution in [0.25, 0.3) is 10.9 Å². The van der Waals surface area contributed by atoms with Gasteiger partial charge in [0.1, 0.15) is 12.4 Å². The molecule has 33 heavy (non-hydrogen) atoms. The van der Waals surface area contributed by atoms with E-state index >= 15 is 0 Å². The number of fused-ring (bicyclic) bond motifs is 1. The molecule has 0 saturated carbocycles. The maximum atomic E-state index is 14.1. The van der Waals surface area contributed by atoms with Crippen LogP contribution in [0.15, 0.2) is 36.5 Å². The minimum atomic E-state index is -3.35. The molecule has 1 aromatic heterocycles. The van der Waals surface area contributed by atoms with Crippen LogP contribution in [-0.4, -0.2) is 47.6 Å². The number of nitrogens with zero attached hydrogens (tertiary/aromatic N) is 2. The van der Waals surface area contributed by atoms with Gasteiger partial charge >= 0.3 is 0 Å². The minimum absolute atomic E-state index is 0.175. The predicted octanol–water partition coefficient (Wildman–Crippen LogP) is 3.30. The highest BCUT2D eigenvalue weighted by molar-refractivity contribution is 6.07. The van der Waals surface area contributed by atoms with Gasteiger partial charge in [-0.1, -0.05) is 18.2 Å². The van der Waals surface area contributed by atoms with Crippen LogP contribution in [-0.2, 0) is 5.92 Å². The van der Waals surface area contributed by atoms with Gasteiger partial charge in [0, 0.05) is 23.6 Å². The summed E-state index contributed by atoms with van der Waals surface area (Å²) in [6.07, 6.45) is 3.61. The van der Waals surface area contributed by atoms with E-state index in [0.29, 0.717) is 27.8 Å². The molecule has 176 valence electrons. The van der Waals surface area contributed by atoms with Crippen LogP contribution < -0.4 is 15.8 Å². The van der Waals surface area contributed by atoms with Gasteiger partial charge in [-0.05, 0) is 44.0 Å². The molecule has 1 unspecified atom stereocenters. The number of carbonyl (C=O) groups excluding carboxylic acids is 1. The van der Waals surface area contributed by atoms with E-state index in [9.17, 15) is 13.6 Å². The number of piperidine rings is 1. The Morgan fingerprint density at radius 3 is 2.85 bits per heavy atom. The highest BCUT2D eigenvalue weighted by Gasteiger charge is 2.31. The van der Waals surface area contributed by atoms with Crippen molar-refractivity contribution in [2.75, 3.05) is 26.8 Å². The van der Waals surface area contributed by atoms with E-state index in [2.05, 4.69) is 10.4 Å². The Kier molecular flexibility index (Phi) is 6.36. The van der Waals surface area contributed by atoms with Crippen LogP contribution in [0, 0.1) is 0 Å². The van der Waals surface area contributed by atoms with E-state index in [0.717, 1.165) is 31.5 Å². The lowest BCUT2D eigenvalue weighted by atomic mass is 9.88. The number of halogens is 2. The number of nitrogens with two attached hydrogens (primary N) is 1. The first-order valence-electron chi connectivity index (χ1n) is 11.0. The average molecular weight is 459 g/mol. The van der Waals surface area contributed by atoms with Crippen LogP contribution in [0.3, 0.4) is 0 Å². The number of amides is 1. The monoisotopic (exact) mass is 458 g/mol. The number of hydrogen-bond donors (Lipinski definition) is 3. The number of hydrogen-bond acceptors (Lipinski definition) is 5. The van der Waals surface area contributed by atoms with Crippen molar-refractivity contribution in [3.63, 3.8) is 0 Å². The third kappa shape index (κ3) is 4.18. The average Bonchev–Trinajstić information content (AvgIpc) is 3.28. The topological polar surface area (TPSA) is 102 Å². The second-order valence-corrected chi connectivity index (χ2v) is 8.47. The molecule has 4 rings (SSSR count). The maximum absolute atomic E-state index is 14.1. The summed E-state index contributed by atoms with van der Waals surface area (Å²) < 4.78 is 35.5. The van der Waals surface area contributed by atoms with E-state index in [1.165, 1.54) is 18.2 Å². The van der Waals surface area contributed by atoms with Gasteiger partial charge in [-0.3, -0.25) is 9.48 Å². The number of aliphatic hydroxyl groups is 1. The summed E-state index contributed by atoms with van der Waals surface area (Å²) in [6.45, 7) is 2.25.